The Balaban J connectivity index is 1.85. The Morgan fingerprint density at radius 3 is 2.93 bits per heavy atom. The molecule has 2 heterocycles. The molecule has 1 aliphatic carbocycles. The molecule has 0 spiro atoms. The second kappa shape index (κ2) is 2.71. The van der Waals surface area contributed by atoms with Crippen molar-refractivity contribution in [2.24, 2.45) is 0 Å². The highest BCUT2D eigenvalue weighted by Crippen LogP contribution is 2.74. The van der Waals surface area contributed by atoms with E-state index in [0.717, 1.165) is 0 Å². The lowest BCUT2D eigenvalue weighted by atomic mass is 9.80. The molecule has 0 aromatic rings. The maximum atomic E-state index is 5.82. The molecule has 82 valence electrons. The minimum Gasteiger partial charge on any atom is -0.465 e. The molecular weight excluding hydrogens is 205 g/mol. The summed E-state index contributed by atoms with van der Waals surface area (Å²) in [6.07, 6.45) is 4.13. The molecule has 4 heteroatoms. The van der Waals surface area contributed by atoms with Gasteiger partial charge in [0.25, 0.3) is 5.17 Å². The van der Waals surface area contributed by atoms with Crippen LogP contribution in [-0.2, 0) is 4.74 Å². The Hall–Kier alpha value is -0.245. The molecule has 15 heavy (non-hydrogen) atoms. The summed E-state index contributed by atoms with van der Waals surface area (Å²) in [5, 5.41) is 1.81. The minimum absolute atomic E-state index is 0.358. The fourth-order valence-electron chi connectivity index (χ4n) is 3.67. The molecule has 0 aromatic heterocycles. The maximum absolute atomic E-state index is 5.82. The summed E-state index contributed by atoms with van der Waals surface area (Å²) in [7, 11) is 3.46. The van der Waals surface area contributed by atoms with Gasteiger partial charge in [-0.3, -0.25) is 0 Å². The summed E-state index contributed by atoms with van der Waals surface area (Å²) in [5.74, 6) is 0. The van der Waals surface area contributed by atoms with E-state index in [0.29, 0.717) is 27.9 Å². The van der Waals surface area contributed by atoms with Crippen molar-refractivity contribution in [1.29, 1.82) is 0 Å². The van der Waals surface area contributed by atoms with E-state index < -0.39 is 0 Å². The summed E-state index contributed by atoms with van der Waals surface area (Å²) in [6, 6.07) is 0.541. The zero-order valence-electron chi connectivity index (χ0n) is 9.75. The van der Waals surface area contributed by atoms with Crippen molar-refractivity contribution >= 4 is 24.7 Å². The van der Waals surface area contributed by atoms with E-state index in [-0.39, 0.29) is 0 Å². The van der Waals surface area contributed by atoms with Gasteiger partial charge in [-0.15, -0.1) is 0 Å². The van der Waals surface area contributed by atoms with Crippen LogP contribution < -0.4 is 0 Å². The molecule has 3 fully saturated rings. The zero-order valence-corrected chi connectivity index (χ0v) is 10.6. The lowest BCUT2D eigenvalue weighted by Crippen LogP contribution is -2.33. The monoisotopic (exact) mass is 223 g/mol. The van der Waals surface area contributed by atoms with Crippen molar-refractivity contribution in [1.82, 2.24) is 4.90 Å². The molecule has 0 bridgehead atoms. The van der Waals surface area contributed by atoms with Crippen LogP contribution in [0.15, 0.2) is 0 Å². The summed E-state index contributed by atoms with van der Waals surface area (Å²) in [5.41, 5.74) is 0. The van der Waals surface area contributed by atoms with Crippen molar-refractivity contribution in [3.8, 4) is 0 Å². The van der Waals surface area contributed by atoms with Gasteiger partial charge in [-0.2, -0.15) is 0 Å². The van der Waals surface area contributed by atoms with Gasteiger partial charge in [0, 0.05) is 7.05 Å². The molecule has 3 rings (SSSR count). The van der Waals surface area contributed by atoms with Gasteiger partial charge in [0.05, 0.1) is 6.04 Å². The lowest BCUT2D eigenvalue weighted by Gasteiger charge is -2.21. The third kappa shape index (κ3) is 1.20. The van der Waals surface area contributed by atoms with E-state index in [9.17, 15) is 0 Å². The Kier molecular flexibility index (Phi) is 1.79. The van der Waals surface area contributed by atoms with Crippen LogP contribution in [0.1, 0.15) is 33.1 Å². The largest absolute Gasteiger partial charge is 0.465 e. The SMILES string of the molecule is CN1C(=S)OC2CC3(C)BC3(C)CCC21. The summed E-state index contributed by atoms with van der Waals surface area (Å²) >= 11 is 5.22. The quantitative estimate of drug-likeness (QED) is 0.460. The zero-order chi connectivity index (χ0) is 10.8. The van der Waals surface area contributed by atoms with Crippen LogP contribution in [-0.4, -0.2) is 36.5 Å². The number of hydrogen-bond donors (Lipinski definition) is 0. The van der Waals surface area contributed by atoms with Gasteiger partial charge in [0.1, 0.15) is 13.4 Å². The topological polar surface area (TPSA) is 12.5 Å². The van der Waals surface area contributed by atoms with Crippen molar-refractivity contribution in [3.63, 3.8) is 0 Å². The van der Waals surface area contributed by atoms with Crippen LogP contribution in [0.5, 0.6) is 0 Å². The normalized spacial score (nSPS) is 52.5. The first-order valence-corrected chi connectivity index (χ1v) is 6.30. The first-order chi connectivity index (χ1) is 6.95. The first-order valence-electron chi connectivity index (χ1n) is 5.89. The van der Waals surface area contributed by atoms with Gasteiger partial charge in [0.15, 0.2) is 0 Å². The summed E-state index contributed by atoms with van der Waals surface area (Å²) < 4.78 is 5.82. The van der Waals surface area contributed by atoms with Crippen LogP contribution in [0.2, 0.25) is 10.6 Å². The molecular formula is C11H18BNOS. The van der Waals surface area contributed by atoms with Gasteiger partial charge >= 0.3 is 0 Å². The molecule has 0 N–H and O–H groups in total. The molecule has 0 amide bonds. The van der Waals surface area contributed by atoms with Gasteiger partial charge in [-0.05, 0) is 25.1 Å². The second-order valence-electron chi connectivity index (χ2n) is 6.14. The molecule has 2 nitrogen and oxygen atoms in total. The van der Waals surface area contributed by atoms with E-state index >= 15 is 0 Å². The lowest BCUT2D eigenvalue weighted by molar-refractivity contribution is 0.176. The molecule has 0 radical (unpaired) electrons. The van der Waals surface area contributed by atoms with Gasteiger partial charge in [-0.1, -0.05) is 30.9 Å². The highest BCUT2D eigenvalue weighted by atomic mass is 32.1. The molecule has 1 saturated carbocycles. The van der Waals surface area contributed by atoms with Crippen LogP contribution >= 0.6 is 12.2 Å². The Morgan fingerprint density at radius 2 is 2.20 bits per heavy atom. The highest BCUT2D eigenvalue weighted by molar-refractivity contribution is 7.80. The summed E-state index contributed by atoms with van der Waals surface area (Å²) in [4.78, 5) is 2.16. The third-order valence-electron chi connectivity index (χ3n) is 5.22. The van der Waals surface area contributed by atoms with E-state index in [4.69, 9.17) is 17.0 Å². The van der Waals surface area contributed by atoms with Crippen LogP contribution in [0.4, 0.5) is 0 Å². The van der Waals surface area contributed by atoms with Crippen LogP contribution in [0, 0.1) is 0 Å². The van der Waals surface area contributed by atoms with Crippen LogP contribution in [0.25, 0.3) is 0 Å². The predicted molar refractivity (Wildman–Crippen MR) is 66.8 cm³/mol. The number of nitrogens with zero attached hydrogens (tertiary/aromatic N) is 1. The fraction of sp³-hybridized carbons (Fsp3) is 0.909. The van der Waals surface area contributed by atoms with Crippen molar-refractivity contribution < 1.29 is 4.74 Å². The summed E-state index contributed by atoms with van der Waals surface area (Å²) in [6.45, 7) is 4.85. The average molecular weight is 223 g/mol. The second-order valence-corrected chi connectivity index (χ2v) is 6.49. The number of fused-ring (bicyclic) bond motifs is 2. The average Bonchev–Trinajstić information content (AvgIpc) is 2.58. The first kappa shape index (κ1) is 9.94. The standard InChI is InChI=1S/C11H18BNOS/c1-10-5-4-7-8(6-11(10,2)12-10)14-9(15)13(7)3/h7-8,12H,4-6H2,1-3H3. The van der Waals surface area contributed by atoms with Crippen molar-refractivity contribution in [3.05, 3.63) is 0 Å². The van der Waals surface area contributed by atoms with E-state index in [1.165, 1.54) is 26.5 Å². The maximum Gasteiger partial charge on any atom is 0.259 e. The third-order valence-corrected chi connectivity index (χ3v) is 5.61. The number of hydrogen-bond acceptors (Lipinski definition) is 2. The van der Waals surface area contributed by atoms with Gasteiger partial charge < -0.3 is 9.64 Å². The minimum atomic E-state index is 0.358. The Bertz CT molecular complexity index is 337. The fourth-order valence-corrected chi connectivity index (χ4v) is 3.93. The van der Waals surface area contributed by atoms with Gasteiger partial charge in [-0.25, -0.2) is 0 Å². The molecule has 2 saturated heterocycles. The van der Waals surface area contributed by atoms with Crippen molar-refractivity contribution in [2.75, 3.05) is 7.05 Å². The van der Waals surface area contributed by atoms with E-state index in [2.05, 4.69) is 25.8 Å². The smallest absolute Gasteiger partial charge is 0.259 e. The van der Waals surface area contributed by atoms with Crippen LogP contribution in [0.3, 0.4) is 0 Å². The van der Waals surface area contributed by atoms with Gasteiger partial charge in [0.2, 0.25) is 0 Å². The molecule has 4 unspecified atom stereocenters. The Labute approximate surface area is 97.6 Å². The molecule has 4 atom stereocenters. The molecule has 0 aromatic carbocycles. The molecule has 3 aliphatic rings. The van der Waals surface area contributed by atoms with E-state index in [1.807, 2.05) is 0 Å². The Morgan fingerprint density at radius 1 is 1.47 bits per heavy atom. The number of thiocarbonyl (C=S) groups is 1. The number of likely N-dealkylation sites (N-methyl/N-ethyl adjacent to an activating group) is 1. The molecule has 2 aliphatic heterocycles. The van der Waals surface area contributed by atoms with Crippen molar-refractivity contribution in [2.45, 2.75) is 55.9 Å². The highest BCUT2D eigenvalue weighted by Gasteiger charge is 2.65. The van der Waals surface area contributed by atoms with E-state index in [1.54, 1.807) is 0 Å². The number of ether oxygens (including phenoxy) is 1. The number of rotatable bonds is 0. The predicted octanol–water partition coefficient (Wildman–Crippen LogP) is 1.96.